The molecule has 0 radical (unpaired) electrons. The predicted molar refractivity (Wildman–Crippen MR) is 73.8 cm³/mol. The topological polar surface area (TPSA) is 72.5 Å². The van der Waals surface area contributed by atoms with Gasteiger partial charge < -0.3 is 15.6 Å². The Bertz CT molecular complexity index is 486. The van der Waals surface area contributed by atoms with Crippen LogP contribution in [0.2, 0.25) is 5.02 Å². The fourth-order valence-electron chi connectivity index (χ4n) is 2.01. The third-order valence-corrected chi connectivity index (χ3v) is 3.57. The van der Waals surface area contributed by atoms with Crippen molar-refractivity contribution in [2.45, 2.75) is 25.7 Å². The van der Waals surface area contributed by atoms with Crippen LogP contribution >= 0.6 is 11.6 Å². The van der Waals surface area contributed by atoms with Crippen molar-refractivity contribution in [3.05, 3.63) is 28.3 Å². The maximum absolute atomic E-state index is 11.3. The Morgan fingerprint density at radius 1 is 1.58 bits per heavy atom. The maximum Gasteiger partial charge on any atom is 0.312 e. The van der Waals surface area contributed by atoms with Gasteiger partial charge in [0.15, 0.2) is 0 Å². The number of benzene rings is 1. The first-order chi connectivity index (χ1) is 9.02. The van der Waals surface area contributed by atoms with E-state index in [0.717, 1.165) is 18.4 Å². The van der Waals surface area contributed by atoms with Crippen LogP contribution in [0.15, 0.2) is 12.1 Å². The molecule has 0 bridgehead atoms. The number of carboxylic acids is 1. The van der Waals surface area contributed by atoms with Gasteiger partial charge in [-0.1, -0.05) is 17.7 Å². The fourth-order valence-corrected chi connectivity index (χ4v) is 2.35. The number of hydrogen-bond donors (Lipinski definition) is 2. The summed E-state index contributed by atoms with van der Waals surface area (Å²) in [5, 5.41) is 9.70. The van der Waals surface area contributed by atoms with Crippen molar-refractivity contribution in [3.8, 4) is 5.75 Å². The molecule has 0 aromatic heterocycles. The van der Waals surface area contributed by atoms with Gasteiger partial charge in [0, 0.05) is 12.1 Å². The smallest absolute Gasteiger partial charge is 0.312 e. The van der Waals surface area contributed by atoms with Gasteiger partial charge in [-0.3, -0.25) is 4.79 Å². The molecule has 1 unspecified atom stereocenters. The molecule has 3 N–H and O–H groups in total. The quantitative estimate of drug-likeness (QED) is 0.841. The minimum atomic E-state index is -0.958. The fraction of sp³-hybridized carbons (Fsp3) is 0.500. The lowest BCUT2D eigenvalue weighted by molar-refractivity contribution is -0.138. The highest BCUT2D eigenvalue weighted by Gasteiger charge is 2.27. The normalized spacial score (nSPS) is 16.2. The average Bonchev–Trinajstić information content (AvgIpc) is 3.12. The third kappa shape index (κ3) is 3.39. The van der Waals surface area contributed by atoms with Gasteiger partial charge in [0.1, 0.15) is 5.75 Å². The lowest BCUT2D eigenvalue weighted by Gasteiger charge is -2.18. The average molecular weight is 284 g/mol. The largest absolute Gasteiger partial charge is 0.491 e. The number of aryl methyl sites for hydroxylation is 1. The predicted octanol–water partition coefficient (Wildman–Crippen LogP) is 2.56. The molecule has 1 fully saturated rings. The van der Waals surface area contributed by atoms with Crippen molar-refractivity contribution < 1.29 is 14.6 Å². The minimum absolute atomic E-state index is 0.0227. The number of aliphatic carboxylic acids is 1. The minimum Gasteiger partial charge on any atom is -0.491 e. The molecule has 104 valence electrons. The first-order valence-electron chi connectivity index (χ1n) is 6.38. The number of halogens is 1. The van der Waals surface area contributed by atoms with E-state index in [9.17, 15) is 9.90 Å². The summed E-state index contributed by atoms with van der Waals surface area (Å²) in [4.78, 5) is 11.3. The summed E-state index contributed by atoms with van der Waals surface area (Å²) in [5.74, 6) is -0.699. The molecule has 0 spiro atoms. The van der Waals surface area contributed by atoms with Crippen molar-refractivity contribution in [2.24, 2.45) is 11.7 Å². The van der Waals surface area contributed by atoms with E-state index in [1.807, 2.05) is 6.92 Å². The van der Waals surface area contributed by atoms with Crippen LogP contribution in [0.5, 0.6) is 5.75 Å². The molecule has 0 amide bonds. The van der Waals surface area contributed by atoms with E-state index in [2.05, 4.69) is 0 Å². The van der Waals surface area contributed by atoms with E-state index < -0.39 is 11.9 Å². The number of rotatable bonds is 6. The van der Waals surface area contributed by atoms with Gasteiger partial charge in [-0.2, -0.15) is 0 Å². The third-order valence-electron chi connectivity index (χ3n) is 3.29. The Balaban J connectivity index is 2.33. The number of carbonyl (C=O) groups is 1. The summed E-state index contributed by atoms with van der Waals surface area (Å²) in [7, 11) is 0. The Morgan fingerprint density at radius 3 is 2.79 bits per heavy atom. The van der Waals surface area contributed by atoms with Crippen LogP contribution in [0.3, 0.4) is 0 Å². The summed E-state index contributed by atoms with van der Waals surface area (Å²) in [6.45, 7) is 2.48. The van der Waals surface area contributed by atoms with E-state index in [4.69, 9.17) is 22.1 Å². The van der Waals surface area contributed by atoms with E-state index in [-0.39, 0.29) is 6.54 Å². The zero-order valence-corrected chi connectivity index (χ0v) is 11.6. The zero-order valence-electron chi connectivity index (χ0n) is 10.9. The van der Waals surface area contributed by atoms with Gasteiger partial charge in [0.05, 0.1) is 17.5 Å². The van der Waals surface area contributed by atoms with Crippen molar-refractivity contribution >= 4 is 17.6 Å². The molecule has 1 aliphatic carbocycles. The highest BCUT2D eigenvalue weighted by molar-refractivity contribution is 6.32. The standard InChI is InChI=1S/C14H18ClNO3/c1-8-4-10(11(6-16)14(17)18)13(12(15)5-8)19-7-9-2-3-9/h4-5,9,11H,2-3,6-7,16H2,1H3,(H,17,18). The Hall–Kier alpha value is -1.26. The number of nitrogens with two attached hydrogens (primary N) is 1. The highest BCUT2D eigenvalue weighted by atomic mass is 35.5. The lowest BCUT2D eigenvalue weighted by atomic mass is 9.96. The molecule has 5 heteroatoms. The van der Waals surface area contributed by atoms with Crippen molar-refractivity contribution in [2.75, 3.05) is 13.2 Å². The monoisotopic (exact) mass is 283 g/mol. The Morgan fingerprint density at radius 2 is 2.26 bits per heavy atom. The molecular weight excluding hydrogens is 266 g/mol. The Kier molecular flexibility index (Phi) is 4.32. The lowest BCUT2D eigenvalue weighted by Crippen LogP contribution is -2.22. The molecule has 1 aromatic carbocycles. The molecule has 1 aromatic rings. The second-order valence-electron chi connectivity index (χ2n) is 5.05. The molecule has 1 aliphatic rings. The molecule has 2 rings (SSSR count). The van der Waals surface area contributed by atoms with Gasteiger partial charge in [0.2, 0.25) is 0 Å². The second-order valence-corrected chi connectivity index (χ2v) is 5.45. The molecule has 19 heavy (non-hydrogen) atoms. The molecule has 0 saturated heterocycles. The number of hydrogen-bond acceptors (Lipinski definition) is 3. The van der Waals surface area contributed by atoms with Crippen molar-refractivity contribution in [1.82, 2.24) is 0 Å². The van der Waals surface area contributed by atoms with Gasteiger partial charge in [-0.25, -0.2) is 0 Å². The summed E-state index contributed by atoms with van der Waals surface area (Å²) < 4.78 is 5.73. The first kappa shape index (κ1) is 14.2. The van der Waals surface area contributed by atoms with Crippen LogP contribution in [-0.4, -0.2) is 24.2 Å². The van der Waals surface area contributed by atoms with Crippen LogP contribution in [0, 0.1) is 12.8 Å². The summed E-state index contributed by atoms with van der Waals surface area (Å²) in [6, 6.07) is 3.57. The van der Waals surface area contributed by atoms with Gasteiger partial charge in [-0.15, -0.1) is 0 Å². The molecular formula is C14H18ClNO3. The van der Waals surface area contributed by atoms with Gasteiger partial charge in [-0.05, 0) is 37.3 Å². The first-order valence-corrected chi connectivity index (χ1v) is 6.76. The Labute approximate surface area is 117 Å². The molecule has 4 nitrogen and oxygen atoms in total. The van der Waals surface area contributed by atoms with Gasteiger partial charge >= 0.3 is 5.97 Å². The molecule has 1 saturated carbocycles. The SMILES string of the molecule is Cc1cc(Cl)c(OCC2CC2)c(C(CN)C(=O)O)c1. The van der Waals surface area contributed by atoms with E-state index >= 15 is 0 Å². The van der Waals surface area contributed by atoms with Crippen LogP contribution in [0.1, 0.15) is 29.9 Å². The van der Waals surface area contributed by atoms with E-state index in [1.165, 1.54) is 0 Å². The summed E-state index contributed by atoms with van der Waals surface area (Å²) >= 11 is 6.19. The van der Waals surface area contributed by atoms with Crippen LogP contribution < -0.4 is 10.5 Å². The van der Waals surface area contributed by atoms with E-state index in [0.29, 0.717) is 28.9 Å². The highest BCUT2D eigenvalue weighted by Crippen LogP contribution is 2.37. The maximum atomic E-state index is 11.3. The van der Waals surface area contributed by atoms with Gasteiger partial charge in [0.25, 0.3) is 0 Å². The van der Waals surface area contributed by atoms with Crippen LogP contribution in [0.25, 0.3) is 0 Å². The number of ether oxygens (including phenoxy) is 1. The molecule has 0 heterocycles. The summed E-state index contributed by atoms with van der Waals surface area (Å²) in [6.07, 6.45) is 2.33. The molecule has 0 aliphatic heterocycles. The number of carboxylic acid groups (broad SMARTS) is 1. The van der Waals surface area contributed by atoms with Crippen molar-refractivity contribution in [1.29, 1.82) is 0 Å². The van der Waals surface area contributed by atoms with Crippen LogP contribution in [-0.2, 0) is 4.79 Å². The second kappa shape index (κ2) is 5.80. The van der Waals surface area contributed by atoms with Crippen LogP contribution in [0.4, 0.5) is 0 Å². The van der Waals surface area contributed by atoms with E-state index in [1.54, 1.807) is 12.1 Å². The van der Waals surface area contributed by atoms with Crippen molar-refractivity contribution in [3.63, 3.8) is 0 Å². The summed E-state index contributed by atoms with van der Waals surface area (Å²) in [5.41, 5.74) is 7.04. The molecule has 1 atom stereocenters. The zero-order chi connectivity index (χ0) is 14.0.